The first-order chi connectivity index (χ1) is 10.5. The summed E-state index contributed by atoms with van der Waals surface area (Å²) in [6.45, 7) is 2.74. The number of rotatable bonds is 5. The average molecular weight is 314 g/mol. The Hall–Kier alpha value is -1.73. The number of aliphatic hydroxyl groups is 1. The van der Waals surface area contributed by atoms with Crippen molar-refractivity contribution in [1.82, 2.24) is 10.2 Å². The molecule has 0 aliphatic carbocycles. The van der Waals surface area contributed by atoms with Crippen LogP contribution < -0.4 is 5.32 Å². The number of aromatic hydroxyl groups is 1. The SMILES string of the molecule is O=C(NCCCN1CCC(O)CC1)c1c(O)cc(F)cc1F. The number of nitrogens with zero attached hydrogens (tertiary/aromatic N) is 1. The summed E-state index contributed by atoms with van der Waals surface area (Å²) < 4.78 is 26.4. The Morgan fingerprint density at radius 1 is 1.32 bits per heavy atom. The lowest BCUT2D eigenvalue weighted by molar-refractivity contribution is 0.0816. The third-order valence-electron chi connectivity index (χ3n) is 3.76. The molecule has 0 spiro atoms. The first kappa shape index (κ1) is 16.6. The fourth-order valence-corrected chi connectivity index (χ4v) is 2.52. The van der Waals surface area contributed by atoms with Crippen LogP contribution in [0.15, 0.2) is 12.1 Å². The standard InChI is InChI=1S/C15H20F2N2O3/c16-10-8-12(17)14(13(21)9-10)15(22)18-4-1-5-19-6-2-11(20)3-7-19/h8-9,11,20-21H,1-7H2,(H,18,22). The molecule has 22 heavy (non-hydrogen) atoms. The fraction of sp³-hybridized carbons (Fsp3) is 0.533. The minimum absolute atomic E-state index is 0.222. The second kappa shape index (κ2) is 7.51. The van der Waals surface area contributed by atoms with Crippen molar-refractivity contribution < 1.29 is 23.8 Å². The van der Waals surface area contributed by atoms with Gasteiger partial charge in [0.2, 0.25) is 0 Å². The number of carbonyl (C=O) groups excluding carboxylic acids is 1. The maximum atomic E-state index is 13.5. The van der Waals surface area contributed by atoms with E-state index in [4.69, 9.17) is 0 Å². The molecule has 1 fully saturated rings. The largest absolute Gasteiger partial charge is 0.507 e. The summed E-state index contributed by atoms with van der Waals surface area (Å²) in [7, 11) is 0. The molecule has 2 rings (SSSR count). The summed E-state index contributed by atoms with van der Waals surface area (Å²) in [5.74, 6) is -3.48. The smallest absolute Gasteiger partial charge is 0.258 e. The van der Waals surface area contributed by atoms with Crippen LogP contribution in [0.1, 0.15) is 29.6 Å². The molecular formula is C15H20F2N2O3. The predicted molar refractivity (Wildman–Crippen MR) is 76.7 cm³/mol. The van der Waals surface area contributed by atoms with Crippen LogP contribution >= 0.6 is 0 Å². The Kier molecular flexibility index (Phi) is 5.68. The van der Waals surface area contributed by atoms with Crippen molar-refractivity contribution in [2.75, 3.05) is 26.2 Å². The van der Waals surface area contributed by atoms with Gasteiger partial charge in [-0.15, -0.1) is 0 Å². The van der Waals surface area contributed by atoms with Gasteiger partial charge in [-0.05, 0) is 25.8 Å². The Morgan fingerprint density at radius 3 is 2.64 bits per heavy atom. The maximum absolute atomic E-state index is 13.5. The molecule has 1 amide bonds. The number of likely N-dealkylation sites (tertiary alicyclic amines) is 1. The molecule has 0 radical (unpaired) electrons. The van der Waals surface area contributed by atoms with Gasteiger partial charge >= 0.3 is 0 Å². The van der Waals surface area contributed by atoms with E-state index in [1.54, 1.807) is 0 Å². The lowest BCUT2D eigenvalue weighted by Gasteiger charge is -2.29. The van der Waals surface area contributed by atoms with Crippen LogP contribution in [0.4, 0.5) is 8.78 Å². The van der Waals surface area contributed by atoms with Crippen molar-refractivity contribution in [2.24, 2.45) is 0 Å². The summed E-state index contributed by atoms with van der Waals surface area (Å²) in [5.41, 5.74) is -0.539. The van der Waals surface area contributed by atoms with E-state index in [1.807, 2.05) is 0 Å². The van der Waals surface area contributed by atoms with E-state index in [9.17, 15) is 23.8 Å². The Morgan fingerprint density at radius 2 is 2.00 bits per heavy atom. The van der Waals surface area contributed by atoms with Crippen LogP contribution in [0.5, 0.6) is 5.75 Å². The van der Waals surface area contributed by atoms with E-state index in [-0.39, 0.29) is 6.10 Å². The molecule has 0 bridgehead atoms. The summed E-state index contributed by atoms with van der Waals surface area (Å²) in [5, 5.41) is 21.4. The van der Waals surface area contributed by atoms with Gasteiger partial charge in [-0.25, -0.2) is 8.78 Å². The van der Waals surface area contributed by atoms with Gasteiger partial charge in [0.25, 0.3) is 5.91 Å². The van der Waals surface area contributed by atoms with E-state index in [1.165, 1.54) is 0 Å². The van der Waals surface area contributed by atoms with Gasteiger partial charge in [0.05, 0.1) is 6.10 Å². The van der Waals surface area contributed by atoms with Crippen LogP contribution in [-0.2, 0) is 0 Å². The van der Waals surface area contributed by atoms with Gasteiger partial charge in [-0.2, -0.15) is 0 Å². The van der Waals surface area contributed by atoms with E-state index in [2.05, 4.69) is 10.2 Å². The second-order valence-corrected chi connectivity index (χ2v) is 5.46. The molecule has 0 atom stereocenters. The van der Waals surface area contributed by atoms with Gasteiger partial charge in [0.15, 0.2) is 0 Å². The summed E-state index contributed by atoms with van der Waals surface area (Å²) >= 11 is 0. The molecule has 1 aromatic rings. The topological polar surface area (TPSA) is 72.8 Å². The Labute approximate surface area is 127 Å². The molecule has 1 aromatic carbocycles. The highest BCUT2D eigenvalue weighted by Gasteiger charge is 2.19. The number of hydrogen-bond acceptors (Lipinski definition) is 4. The number of amides is 1. The van der Waals surface area contributed by atoms with Crippen molar-refractivity contribution in [1.29, 1.82) is 0 Å². The molecule has 5 nitrogen and oxygen atoms in total. The number of aliphatic hydroxyl groups excluding tert-OH is 1. The molecule has 1 aliphatic rings. The third-order valence-corrected chi connectivity index (χ3v) is 3.76. The van der Waals surface area contributed by atoms with Crippen molar-refractivity contribution in [3.05, 3.63) is 29.3 Å². The van der Waals surface area contributed by atoms with Gasteiger partial charge in [0.1, 0.15) is 22.9 Å². The lowest BCUT2D eigenvalue weighted by Crippen LogP contribution is -2.37. The third kappa shape index (κ3) is 4.38. The second-order valence-electron chi connectivity index (χ2n) is 5.46. The highest BCUT2D eigenvalue weighted by molar-refractivity contribution is 5.97. The molecule has 0 saturated carbocycles. The number of nitrogens with one attached hydrogen (secondary N) is 1. The normalized spacial score (nSPS) is 16.7. The van der Waals surface area contributed by atoms with E-state index in [0.717, 1.165) is 32.5 Å². The maximum Gasteiger partial charge on any atom is 0.258 e. The molecule has 1 aliphatic heterocycles. The van der Waals surface area contributed by atoms with E-state index in [0.29, 0.717) is 25.1 Å². The zero-order valence-electron chi connectivity index (χ0n) is 12.2. The van der Waals surface area contributed by atoms with E-state index >= 15 is 0 Å². The molecular weight excluding hydrogens is 294 g/mol. The summed E-state index contributed by atoms with van der Waals surface area (Å²) in [4.78, 5) is 14.0. The van der Waals surface area contributed by atoms with Gasteiger partial charge in [0, 0.05) is 31.8 Å². The first-order valence-corrected chi connectivity index (χ1v) is 7.34. The zero-order chi connectivity index (χ0) is 16.1. The molecule has 7 heteroatoms. The van der Waals surface area contributed by atoms with Crippen molar-refractivity contribution in [2.45, 2.75) is 25.4 Å². The highest BCUT2D eigenvalue weighted by atomic mass is 19.1. The number of hydrogen-bond donors (Lipinski definition) is 3. The Bertz CT molecular complexity index is 509. The number of benzene rings is 1. The number of phenols is 1. The number of halogens is 2. The van der Waals surface area contributed by atoms with Crippen LogP contribution in [0, 0.1) is 11.6 Å². The molecule has 1 saturated heterocycles. The quantitative estimate of drug-likeness (QED) is 0.715. The molecule has 122 valence electrons. The van der Waals surface area contributed by atoms with Crippen molar-refractivity contribution >= 4 is 5.91 Å². The monoisotopic (exact) mass is 314 g/mol. The average Bonchev–Trinajstić information content (AvgIpc) is 2.44. The van der Waals surface area contributed by atoms with Crippen LogP contribution in [0.2, 0.25) is 0 Å². The van der Waals surface area contributed by atoms with Crippen LogP contribution in [-0.4, -0.2) is 53.3 Å². The van der Waals surface area contributed by atoms with Gasteiger partial charge < -0.3 is 20.4 Å². The predicted octanol–water partition coefficient (Wildman–Crippen LogP) is 1.25. The molecule has 3 N–H and O–H groups in total. The van der Waals surface area contributed by atoms with Gasteiger partial charge in [-0.1, -0.05) is 0 Å². The van der Waals surface area contributed by atoms with Crippen LogP contribution in [0.25, 0.3) is 0 Å². The number of piperidine rings is 1. The minimum atomic E-state index is -1.08. The van der Waals surface area contributed by atoms with E-state index < -0.39 is 28.9 Å². The first-order valence-electron chi connectivity index (χ1n) is 7.34. The number of carbonyl (C=O) groups is 1. The zero-order valence-corrected chi connectivity index (χ0v) is 12.2. The highest BCUT2D eigenvalue weighted by Crippen LogP contribution is 2.21. The number of phenolic OH excluding ortho intramolecular Hbond substituents is 1. The summed E-state index contributed by atoms with van der Waals surface area (Å²) in [6, 6.07) is 1.27. The lowest BCUT2D eigenvalue weighted by atomic mass is 10.1. The summed E-state index contributed by atoms with van der Waals surface area (Å²) in [6.07, 6.45) is 1.95. The molecule has 1 heterocycles. The molecule has 0 aromatic heterocycles. The molecule has 0 unspecified atom stereocenters. The Balaban J connectivity index is 1.76. The fourth-order valence-electron chi connectivity index (χ4n) is 2.52. The van der Waals surface area contributed by atoms with Gasteiger partial charge in [-0.3, -0.25) is 4.79 Å². The van der Waals surface area contributed by atoms with Crippen molar-refractivity contribution in [3.8, 4) is 5.75 Å². The van der Waals surface area contributed by atoms with Crippen LogP contribution in [0.3, 0.4) is 0 Å². The van der Waals surface area contributed by atoms with Crippen molar-refractivity contribution in [3.63, 3.8) is 0 Å². The minimum Gasteiger partial charge on any atom is -0.507 e.